The van der Waals surface area contributed by atoms with Crippen molar-refractivity contribution in [2.45, 2.75) is 25.3 Å². The standard InChI is InChI=1S/C15H19NO2/c1-18-14-4-2-3-12(8-14)15(17)10-16-9-11-5-6-13(16)7-11/h2-4,8,11,13H,5-7,9-10H2,1H3. The molecule has 96 valence electrons. The molecule has 0 aromatic heterocycles. The number of benzene rings is 1. The zero-order valence-electron chi connectivity index (χ0n) is 10.8. The first-order valence-electron chi connectivity index (χ1n) is 6.67. The number of methoxy groups -OCH3 is 1. The van der Waals surface area contributed by atoms with Gasteiger partial charge in [0.25, 0.3) is 0 Å². The summed E-state index contributed by atoms with van der Waals surface area (Å²) in [6.07, 6.45) is 3.93. The minimum atomic E-state index is 0.210. The summed E-state index contributed by atoms with van der Waals surface area (Å²) in [5.41, 5.74) is 0.761. The predicted octanol–water partition coefficient (Wildman–Crippen LogP) is 2.36. The van der Waals surface area contributed by atoms with E-state index in [2.05, 4.69) is 4.90 Å². The number of Topliss-reactive ketones (excluding diaryl/α,β-unsaturated/α-hetero) is 1. The number of carbonyl (C=O) groups excluding carboxylic acids is 1. The summed E-state index contributed by atoms with van der Waals surface area (Å²) in [5, 5.41) is 0. The van der Waals surface area contributed by atoms with E-state index in [9.17, 15) is 4.79 Å². The van der Waals surface area contributed by atoms with E-state index in [4.69, 9.17) is 4.74 Å². The monoisotopic (exact) mass is 245 g/mol. The number of ketones is 1. The molecule has 1 saturated heterocycles. The Bertz CT molecular complexity index is 458. The van der Waals surface area contributed by atoms with Crippen molar-refractivity contribution in [3.63, 3.8) is 0 Å². The third-order valence-corrected chi connectivity index (χ3v) is 4.26. The maximum atomic E-state index is 12.2. The lowest BCUT2D eigenvalue weighted by Gasteiger charge is -2.25. The van der Waals surface area contributed by atoms with Crippen molar-refractivity contribution < 1.29 is 9.53 Å². The fourth-order valence-electron chi connectivity index (χ4n) is 3.29. The molecule has 1 aromatic rings. The van der Waals surface area contributed by atoms with Gasteiger partial charge in [-0.15, -0.1) is 0 Å². The second-order valence-corrected chi connectivity index (χ2v) is 5.42. The van der Waals surface area contributed by atoms with E-state index in [0.29, 0.717) is 12.6 Å². The Kier molecular flexibility index (Phi) is 3.08. The zero-order chi connectivity index (χ0) is 12.5. The zero-order valence-corrected chi connectivity index (χ0v) is 10.8. The van der Waals surface area contributed by atoms with Crippen LogP contribution in [0.4, 0.5) is 0 Å². The number of likely N-dealkylation sites (tertiary alicyclic amines) is 1. The lowest BCUT2D eigenvalue weighted by molar-refractivity contribution is 0.0904. The van der Waals surface area contributed by atoms with Crippen LogP contribution in [-0.4, -0.2) is 36.9 Å². The Morgan fingerprint density at radius 3 is 3.00 bits per heavy atom. The fourth-order valence-corrected chi connectivity index (χ4v) is 3.29. The molecule has 1 saturated carbocycles. The number of nitrogens with zero attached hydrogens (tertiary/aromatic N) is 1. The van der Waals surface area contributed by atoms with Gasteiger partial charge in [-0.05, 0) is 37.3 Å². The summed E-state index contributed by atoms with van der Waals surface area (Å²) < 4.78 is 5.16. The topological polar surface area (TPSA) is 29.5 Å². The Morgan fingerprint density at radius 2 is 2.33 bits per heavy atom. The SMILES string of the molecule is COc1cccc(C(=O)CN2CC3CCC2C3)c1. The van der Waals surface area contributed by atoms with Crippen LogP contribution in [0.1, 0.15) is 29.6 Å². The molecule has 0 spiro atoms. The highest BCUT2D eigenvalue weighted by Gasteiger charge is 2.38. The molecule has 2 atom stereocenters. The Balaban J connectivity index is 1.67. The van der Waals surface area contributed by atoms with Crippen LogP contribution in [0.5, 0.6) is 5.75 Å². The van der Waals surface area contributed by atoms with Crippen LogP contribution in [0, 0.1) is 5.92 Å². The van der Waals surface area contributed by atoms with E-state index in [1.165, 1.54) is 19.3 Å². The molecule has 1 aliphatic carbocycles. The minimum absolute atomic E-state index is 0.210. The molecular formula is C15H19NO2. The van der Waals surface area contributed by atoms with E-state index < -0.39 is 0 Å². The smallest absolute Gasteiger partial charge is 0.176 e. The van der Waals surface area contributed by atoms with Gasteiger partial charge in [0.05, 0.1) is 13.7 Å². The maximum Gasteiger partial charge on any atom is 0.176 e. The highest BCUT2D eigenvalue weighted by molar-refractivity contribution is 5.98. The van der Waals surface area contributed by atoms with E-state index in [-0.39, 0.29) is 5.78 Å². The molecule has 2 fully saturated rings. The molecule has 3 rings (SSSR count). The lowest BCUT2D eigenvalue weighted by Crippen LogP contribution is -2.36. The number of hydrogen-bond acceptors (Lipinski definition) is 3. The first-order chi connectivity index (χ1) is 8.76. The molecule has 0 amide bonds. The summed E-state index contributed by atoms with van der Waals surface area (Å²) in [6, 6.07) is 8.11. The van der Waals surface area contributed by atoms with Crippen molar-refractivity contribution in [3.05, 3.63) is 29.8 Å². The number of fused-ring (bicyclic) bond motifs is 2. The van der Waals surface area contributed by atoms with Gasteiger partial charge in [0, 0.05) is 18.2 Å². The van der Waals surface area contributed by atoms with Crippen molar-refractivity contribution in [1.29, 1.82) is 0 Å². The van der Waals surface area contributed by atoms with Gasteiger partial charge in [-0.3, -0.25) is 9.69 Å². The molecule has 1 heterocycles. The fraction of sp³-hybridized carbons (Fsp3) is 0.533. The maximum absolute atomic E-state index is 12.2. The normalized spacial score (nSPS) is 26.5. The second-order valence-electron chi connectivity index (χ2n) is 5.42. The highest BCUT2D eigenvalue weighted by atomic mass is 16.5. The van der Waals surface area contributed by atoms with Crippen LogP contribution in [-0.2, 0) is 0 Å². The van der Waals surface area contributed by atoms with Gasteiger partial charge in [0.15, 0.2) is 5.78 Å². The van der Waals surface area contributed by atoms with Crippen molar-refractivity contribution in [2.24, 2.45) is 5.92 Å². The van der Waals surface area contributed by atoms with Crippen LogP contribution in [0.25, 0.3) is 0 Å². The Morgan fingerprint density at radius 1 is 1.44 bits per heavy atom. The quantitative estimate of drug-likeness (QED) is 0.763. The molecule has 3 nitrogen and oxygen atoms in total. The summed E-state index contributed by atoms with van der Waals surface area (Å²) in [4.78, 5) is 14.6. The second kappa shape index (κ2) is 4.73. The number of ether oxygens (including phenoxy) is 1. The number of hydrogen-bond donors (Lipinski definition) is 0. The molecule has 2 unspecified atom stereocenters. The predicted molar refractivity (Wildman–Crippen MR) is 70.0 cm³/mol. The molecular weight excluding hydrogens is 226 g/mol. The van der Waals surface area contributed by atoms with Crippen molar-refractivity contribution in [3.8, 4) is 5.75 Å². The number of piperidine rings is 1. The molecule has 1 aromatic carbocycles. The minimum Gasteiger partial charge on any atom is -0.497 e. The van der Waals surface area contributed by atoms with Crippen molar-refractivity contribution in [2.75, 3.05) is 20.2 Å². The molecule has 1 aliphatic heterocycles. The van der Waals surface area contributed by atoms with Gasteiger partial charge in [-0.1, -0.05) is 12.1 Å². The third-order valence-electron chi connectivity index (χ3n) is 4.26. The lowest BCUT2D eigenvalue weighted by atomic mass is 10.1. The number of rotatable bonds is 4. The van der Waals surface area contributed by atoms with Gasteiger partial charge in [-0.2, -0.15) is 0 Å². The van der Waals surface area contributed by atoms with Gasteiger partial charge >= 0.3 is 0 Å². The Labute approximate surface area is 108 Å². The van der Waals surface area contributed by atoms with Crippen LogP contribution in [0.15, 0.2) is 24.3 Å². The van der Waals surface area contributed by atoms with Gasteiger partial charge < -0.3 is 4.74 Å². The molecule has 0 N–H and O–H groups in total. The van der Waals surface area contributed by atoms with Gasteiger partial charge in [-0.25, -0.2) is 0 Å². The summed E-state index contributed by atoms with van der Waals surface area (Å²) >= 11 is 0. The van der Waals surface area contributed by atoms with Crippen LogP contribution >= 0.6 is 0 Å². The molecule has 2 bridgehead atoms. The molecule has 2 aliphatic rings. The van der Waals surface area contributed by atoms with Crippen LogP contribution < -0.4 is 4.74 Å². The van der Waals surface area contributed by atoms with Crippen molar-refractivity contribution >= 4 is 5.78 Å². The average Bonchev–Trinajstić information content (AvgIpc) is 3.01. The van der Waals surface area contributed by atoms with Gasteiger partial charge in [0.1, 0.15) is 5.75 Å². The van der Waals surface area contributed by atoms with Crippen LogP contribution in [0.3, 0.4) is 0 Å². The summed E-state index contributed by atoms with van der Waals surface area (Å²) in [5.74, 6) is 1.80. The average molecular weight is 245 g/mol. The molecule has 0 radical (unpaired) electrons. The van der Waals surface area contributed by atoms with E-state index in [1.807, 2.05) is 24.3 Å². The third kappa shape index (κ3) is 2.15. The summed E-state index contributed by atoms with van der Waals surface area (Å²) in [6.45, 7) is 1.68. The van der Waals surface area contributed by atoms with E-state index in [0.717, 1.165) is 23.8 Å². The first kappa shape index (κ1) is 11.7. The summed E-state index contributed by atoms with van der Waals surface area (Å²) in [7, 11) is 1.63. The van der Waals surface area contributed by atoms with E-state index >= 15 is 0 Å². The van der Waals surface area contributed by atoms with Crippen LogP contribution in [0.2, 0.25) is 0 Å². The Hall–Kier alpha value is -1.35. The highest BCUT2D eigenvalue weighted by Crippen LogP contribution is 2.37. The number of carbonyl (C=O) groups is 1. The molecule has 3 heteroatoms. The largest absolute Gasteiger partial charge is 0.497 e. The molecule has 18 heavy (non-hydrogen) atoms. The van der Waals surface area contributed by atoms with Crippen molar-refractivity contribution in [1.82, 2.24) is 4.90 Å². The van der Waals surface area contributed by atoms with E-state index in [1.54, 1.807) is 7.11 Å². The first-order valence-corrected chi connectivity index (χ1v) is 6.67. The van der Waals surface area contributed by atoms with Gasteiger partial charge in [0.2, 0.25) is 0 Å².